The van der Waals surface area contributed by atoms with Gasteiger partial charge in [0.2, 0.25) is 0 Å². The van der Waals surface area contributed by atoms with E-state index in [0.717, 1.165) is 36.8 Å². The summed E-state index contributed by atoms with van der Waals surface area (Å²) in [6, 6.07) is 7.95. The Bertz CT molecular complexity index is 339. The van der Waals surface area contributed by atoms with Crippen molar-refractivity contribution >= 4 is 24.0 Å². The van der Waals surface area contributed by atoms with E-state index in [1.807, 2.05) is 24.3 Å². The quantitative estimate of drug-likeness (QED) is 0.918. The molecular formula is C13H19Cl2FN2. The average molecular weight is 293 g/mol. The van der Waals surface area contributed by atoms with E-state index in [1.165, 1.54) is 0 Å². The molecule has 0 bridgehead atoms. The van der Waals surface area contributed by atoms with Crippen molar-refractivity contribution < 1.29 is 4.39 Å². The molecule has 1 fully saturated rings. The van der Waals surface area contributed by atoms with Crippen molar-refractivity contribution in [2.24, 2.45) is 0 Å². The highest BCUT2D eigenvalue weighted by molar-refractivity contribution is 6.30. The number of rotatable bonds is 4. The van der Waals surface area contributed by atoms with Crippen LogP contribution < -0.4 is 5.32 Å². The number of hydrogen-bond acceptors (Lipinski definition) is 2. The molecule has 1 N–H and O–H groups in total. The summed E-state index contributed by atoms with van der Waals surface area (Å²) in [5.41, 5.74) is 1.16. The Morgan fingerprint density at radius 3 is 2.39 bits per heavy atom. The first-order chi connectivity index (χ1) is 8.31. The van der Waals surface area contributed by atoms with Gasteiger partial charge in [-0.2, -0.15) is 0 Å². The topological polar surface area (TPSA) is 15.3 Å². The van der Waals surface area contributed by atoms with Gasteiger partial charge >= 0.3 is 0 Å². The zero-order valence-electron chi connectivity index (χ0n) is 10.2. The molecule has 1 aliphatic heterocycles. The highest BCUT2D eigenvalue weighted by Gasteiger charge is 2.21. The molecule has 2 rings (SSSR count). The molecular weight excluding hydrogens is 274 g/mol. The molecule has 5 heteroatoms. The monoisotopic (exact) mass is 292 g/mol. The van der Waals surface area contributed by atoms with E-state index in [9.17, 15) is 4.39 Å². The number of alkyl halides is 1. The van der Waals surface area contributed by atoms with Crippen LogP contribution in [0, 0.1) is 0 Å². The van der Waals surface area contributed by atoms with Crippen LogP contribution >= 0.6 is 24.0 Å². The molecule has 2 nitrogen and oxygen atoms in total. The van der Waals surface area contributed by atoms with Crippen LogP contribution in [0.1, 0.15) is 18.0 Å². The van der Waals surface area contributed by atoms with Gasteiger partial charge in [-0.3, -0.25) is 9.29 Å². The van der Waals surface area contributed by atoms with Crippen molar-refractivity contribution in [3.8, 4) is 0 Å². The lowest BCUT2D eigenvalue weighted by Crippen LogP contribution is -2.45. The fourth-order valence-corrected chi connectivity index (χ4v) is 2.47. The Kier molecular flexibility index (Phi) is 6.94. The smallest absolute Gasteiger partial charge is 0.0912 e. The summed E-state index contributed by atoms with van der Waals surface area (Å²) in [6.07, 6.45) is 0.557. The molecule has 0 aliphatic carbocycles. The van der Waals surface area contributed by atoms with Crippen molar-refractivity contribution in [2.45, 2.75) is 12.5 Å². The van der Waals surface area contributed by atoms with E-state index in [2.05, 4.69) is 10.2 Å². The number of piperazine rings is 1. The SMILES string of the molecule is Cl.FCC[C@@H](c1ccc(Cl)cc1)N1CCNCC1. The molecule has 1 atom stereocenters. The molecule has 0 unspecified atom stereocenters. The van der Waals surface area contributed by atoms with Gasteiger partial charge in [0.05, 0.1) is 6.67 Å². The molecule has 1 aromatic rings. The Morgan fingerprint density at radius 1 is 1.22 bits per heavy atom. The molecule has 1 saturated heterocycles. The summed E-state index contributed by atoms with van der Waals surface area (Å²) in [4.78, 5) is 2.35. The third-order valence-corrected chi connectivity index (χ3v) is 3.48. The van der Waals surface area contributed by atoms with Crippen LogP contribution in [0.25, 0.3) is 0 Å². The summed E-state index contributed by atoms with van der Waals surface area (Å²) in [7, 11) is 0. The van der Waals surface area contributed by atoms with Crippen molar-refractivity contribution in [1.82, 2.24) is 10.2 Å². The molecule has 1 heterocycles. The van der Waals surface area contributed by atoms with E-state index >= 15 is 0 Å². The first-order valence-corrected chi connectivity index (χ1v) is 6.45. The van der Waals surface area contributed by atoms with Gasteiger partial charge in [0.1, 0.15) is 0 Å². The molecule has 1 aromatic carbocycles. The van der Waals surface area contributed by atoms with Crippen LogP contribution in [0.15, 0.2) is 24.3 Å². The Labute approximate surface area is 119 Å². The van der Waals surface area contributed by atoms with Crippen molar-refractivity contribution in [3.63, 3.8) is 0 Å². The van der Waals surface area contributed by atoms with Crippen molar-refractivity contribution in [2.75, 3.05) is 32.9 Å². The minimum Gasteiger partial charge on any atom is -0.314 e. The fourth-order valence-electron chi connectivity index (χ4n) is 2.34. The first kappa shape index (κ1) is 15.7. The van der Waals surface area contributed by atoms with Gasteiger partial charge in [0, 0.05) is 37.2 Å². The molecule has 0 radical (unpaired) electrons. The Morgan fingerprint density at radius 2 is 1.83 bits per heavy atom. The van der Waals surface area contributed by atoms with Crippen LogP contribution in [0.3, 0.4) is 0 Å². The molecule has 0 aromatic heterocycles. The standard InChI is InChI=1S/C13H18ClFN2.ClH/c14-12-3-1-11(2-4-12)13(5-6-15)17-9-7-16-8-10-17;/h1-4,13,16H,5-10H2;1H/t13-;/m0./s1. The third-order valence-electron chi connectivity index (χ3n) is 3.23. The van der Waals surface area contributed by atoms with Gasteiger partial charge in [-0.1, -0.05) is 23.7 Å². The summed E-state index contributed by atoms with van der Waals surface area (Å²) in [5.74, 6) is 0. The number of benzene rings is 1. The average Bonchev–Trinajstić information content (AvgIpc) is 2.38. The second-order valence-electron chi connectivity index (χ2n) is 4.33. The largest absolute Gasteiger partial charge is 0.314 e. The maximum absolute atomic E-state index is 12.7. The van der Waals surface area contributed by atoms with Crippen LogP contribution in [0.4, 0.5) is 4.39 Å². The first-order valence-electron chi connectivity index (χ1n) is 6.07. The number of nitrogens with one attached hydrogen (secondary N) is 1. The third kappa shape index (κ3) is 4.09. The molecule has 0 spiro atoms. The molecule has 102 valence electrons. The van der Waals surface area contributed by atoms with E-state index in [4.69, 9.17) is 11.6 Å². The lowest BCUT2D eigenvalue weighted by Gasteiger charge is -2.34. The number of halogens is 3. The van der Waals surface area contributed by atoms with Crippen LogP contribution in [-0.2, 0) is 0 Å². The summed E-state index contributed by atoms with van der Waals surface area (Å²) in [5, 5.41) is 4.05. The van der Waals surface area contributed by atoms with Crippen molar-refractivity contribution in [1.29, 1.82) is 0 Å². The van der Waals surface area contributed by atoms with Gasteiger partial charge in [0.15, 0.2) is 0 Å². The van der Waals surface area contributed by atoms with Crippen LogP contribution in [0.2, 0.25) is 5.02 Å². The maximum Gasteiger partial charge on any atom is 0.0912 e. The fraction of sp³-hybridized carbons (Fsp3) is 0.538. The van der Waals surface area contributed by atoms with Crippen molar-refractivity contribution in [3.05, 3.63) is 34.9 Å². The lowest BCUT2D eigenvalue weighted by atomic mass is 10.0. The zero-order valence-corrected chi connectivity index (χ0v) is 11.8. The van der Waals surface area contributed by atoms with E-state index in [-0.39, 0.29) is 25.1 Å². The number of hydrogen-bond donors (Lipinski definition) is 1. The van der Waals surface area contributed by atoms with Gasteiger partial charge in [-0.05, 0) is 24.1 Å². The predicted molar refractivity (Wildman–Crippen MR) is 76.5 cm³/mol. The highest BCUT2D eigenvalue weighted by atomic mass is 35.5. The normalized spacial score (nSPS) is 18.1. The molecule has 0 amide bonds. The van der Waals surface area contributed by atoms with Crippen LogP contribution in [-0.4, -0.2) is 37.8 Å². The van der Waals surface area contributed by atoms with Gasteiger partial charge in [-0.25, -0.2) is 0 Å². The zero-order chi connectivity index (χ0) is 12.1. The lowest BCUT2D eigenvalue weighted by molar-refractivity contribution is 0.157. The highest BCUT2D eigenvalue weighted by Crippen LogP contribution is 2.26. The molecule has 18 heavy (non-hydrogen) atoms. The van der Waals surface area contributed by atoms with Crippen LogP contribution in [0.5, 0.6) is 0 Å². The van der Waals surface area contributed by atoms with E-state index in [1.54, 1.807) is 0 Å². The van der Waals surface area contributed by atoms with E-state index < -0.39 is 0 Å². The van der Waals surface area contributed by atoms with E-state index in [0.29, 0.717) is 6.42 Å². The Hall–Kier alpha value is -0.350. The van der Waals surface area contributed by atoms with Gasteiger partial charge < -0.3 is 5.32 Å². The second kappa shape index (κ2) is 7.95. The summed E-state index contributed by atoms with van der Waals surface area (Å²) >= 11 is 5.88. The maximum atomic E-state index is 12.7. The minimum absolute atomic E-state index is 0. The number of nitrogens with zero attached hydrogens (tertiary/aromatic N) is 1. The molecule has 1 aliphatic rings. The van der Waals surface area contributed by atoms with Gasteiger partial charge in [0.25, 0.3) is 0 Å². The molecule has 0 saturated carbocycles. The Balaban J connectivity index is 0.00000162. The minimum atomic E-state index is -0.281. The van der Waals surface area contributed by atoms with Gasteiger partial charge in [-0.15, -0.1) is 12.4 Å². The second-order valence-corrected chi connectivity index (χ2v) is 4.77. The summed E-state index contributed by atoms with van der Waals surface area (Å²) in [6.45, 7) is 3.64. The summed E-state index contributed by atoms with van der Waals surface area (Å²) < 4.78 is 12.7. The predicted octanol–water partition coefficient (Wildman–Crippen LogP) is 3.07.